The number of non-ortho nitro benzene ring substituents is 1. The molecule has 17 heavy (non-hydrogen) atoms. The molecule has 96 valence electrons. The van der Waals surface area contributed by atoms with Gasteiger partial charge in [-0.1, -0.05) is 6.92 Å². The molecule has 0 aromatic heterocycles. The number of benzene rings is 1. The van der Waals surface area contributed by atoms with E-state index in [-0.39, 0.29) is 23.0 Å². The van der Waals surface area contributed by atoms with Gasteiger partial charge in [-0.05, 0) is 25.1 Å². The Morgan fingerprint density at radius 1 is 1.41 bits per heavy atom. The third-order valence-corrected chi connectivity index (χ3v) is 3.71. The Labute approximate surface area is 106 Å². The van der Waals surface area contributed by atoms with Crippen LogP contribution in [-0.4, -0.2) is 20.4 Å². The van der Waals surface area contributed by atoms with Crippen LogP contribution < -0.4 is 4.72 Å². The lowest BCUT2D eigenvalue weighted by Crippen LogP contribution is -2.20. The van der Waals surface area contributed by atoms with Crippen LogP contribution in [-0.2, 0) is 16.4 Å². The van der Waals surface area contributed by atoms with Gasteiger partial charge in [-0.2, -0.15) is 0 Å². The van der Waals surface area contributed by atoms with Gasteiger partial charge in [0.15, 0.2) is 0 Å². The van der Waals surface area contributed by atoms with Crippen LogP contribution in [0.5, 0.6) is 0 Å². The number of rotatable bonds is 4. The predicted molar refractivity (Wildman–Crippen MR) is 66.0 cm³/mol. The maximum Gasteiger partial charge on any atom is 0.269 e. The van der Waals surface area contributed by atoms with Crippen molar-refractivity contribution in [3.63, 3.8) is 0 Å². The molecule has 0 radical (unpaired) electrons. The van der Waals surface area contributed by atoms with Crippen molar-refractivity contribution < 1.29 is 13.3 Å². The lowest BCUT2D eigenvalue weighted by molar-refractivity contribution is -0.385. The lowest BCUT2D eigenvalue weighted by atomic mass is 10.1. The fraction of sp³-hybridized carbons (Fsp3) is 0.333. The summed E-state index contributed by atoms with van der Waals surface area (Å²) in [6, 6.07) is 3.72. The molecule has 0 aliphatic carbocycles. The van der Waals surface area contributed by atoms with Crippen molar-refractivity contribution in [3.8, 4) is 0 Å². The Morgan fingerprint density at radius 2 is 2.00 bits per heavy atom. The topological polar surface area (TPSA) is 89.3 Å². The minimum Gasteiger partial charge on any atom is -0.258 e. The molecular weight excluding hydrogens is 268 g/mol. The quantitative estimate of drug-likeness (QED) is 0.668. The fourth-order valence-corrected chi connectivity index (χ4v) is 2.34. The number of nitro groups is 1. The Bertz CT molecular complexity index is 516. The third-order valence-electron chi connectivity index (χ3n) is 2.19. The van der Waals surface area contributed by atoms with Crippen LogP contribution in [0.4, 0.5) is 5.69 Å². The highest BCUT2D eigenvalue weighted by Crippen LogP contribution is 2.21. The van der Waals surface area contributed by atoms with E-state index in [1.807, 2.05) is 0 Å². The van der Waals surface area contributed by atoms with E-state index in [4.69, 9.17) is 0 Å². The van der Waals surface area contributed by atoms with E-state index < -0.39 is 14.9 Å². The van der Waals surface area contributed by atoms with Crippen molar-refractivity contribution in [2.75, 3.05) is 7.05 Å². The predicted octanol–water partition coefficient (Wildman–Crippen LogP) is 1.49. The summed E-state index contributed by atoms with van der Waals surface area (Å²) in [5, 5.41) is 10.5. The molecular formula is C9H13ClN2O4S. The van der Waals surface area contributed by atoms with Crippen LogP contribution in [0, 0.1) is 10.1 Å². The summed E-state index contributed by atoms with van der Waals surface area (Å²) in [4.78, 5) is 10.1. The molecule has 0 amide bonds. The number of hydrogen-bond donors (Lipinski definition) is 1. The number of nitrogens with one attached hydrogen (secondary N) is 1. The molecule has 0 saturated carbocycles. The molecule has 6 nitrogen and oxygen atoms in total. The highest BCUT2D eigenvalue weighted by atomic mass is 35.5. The Morgan fingerprint density at radius 3 is 2.41 bits per heavy atom. The molecule has 0 aliphatic heterocycles. The molecule has 1 N–H and O–H groups in total. The second kappa shape index (κ2) is 5.95. The van der Waals surface area contributed by atoms with Crippen molar-refractivity contribution in [1.29, 1.82) is 0 Å². The molecule has 8 heteroatoms. The van der Waals surface area contributed by atoms with Gasteiger partial charge in [-0.25, -0.2) is 13.1 Å². The summed E-state index contributed by atoms with van der Waals surface area (Å²) in [7, 11) is -2.25. The second-order valence-corrected chi connectivity index (χ2v) is 4.97. The molecule has 0 saturated heterocycles. The monoisotopic (exact) mass is 280 g/mol. The summed E-state index contributed by atoms with van der Waals surface area (Å²) in [6.45, 7) is 1.74. The van der Waals surface area contributed by atoms with Crippen LogP contribution in [0.2, 0.25) is 0 Å². The first-order valence-electron chi connectivity index (χ1n) is 4.63. The normalized spacial score (nSPS) is 10.7. The van der Waals surface area contributed by atoms with Gasteiger partial charge >= 0.3 is 0 Å². The van der Waals surface area contributed by atoms with Crippen molar-refractivity contribution in [2.45, 2.75) is 18.2 Å². The standard InChI is InChI=1S/C9H12N2O4S.ClH/c1-3-7-6-8(11(12)13)4-5-9(7)16(14,15)10-2;/h4-6,10H,3H2,1-2H3;1H. The summed E-state index contributed by atoms with van der Waals surface area (Å²) in [6.07, 6.45) is 0.415. The molecule has 0 spiro atoms. The van der Waals surface area contributed by atoms with Crippen molar-refractivity contribution >= 4 is 28.1 Å². The summed E-state index contributed by atoms with van der Waals surface area (Å²) < 4.78 is 25.3. The van der Waals surface area contributed by atoms with Crippen molar-refractivity contribution in [1.82, 2.24) is 4.72 Å². The molecule has 0 aliphatic rings. The Balaban J connectivity index is 0.00000256. The van der Waals surface area contributed by atoms with Crippen LogP contribution >= 0.6 is 12.4 Å². The maximum absolute atomic E-state index is 11.6. The zero-order valence-electron chi connectivity index (χ0n) is 9.34. The minimum atomic E-state index is -3.56. The molecule has 1 aromatic carbocycles. The number of sulfonamides is 1. The van der Waals surface area contributed by atoms with E-state index >= 15 is 0 Å². The fourth-order valence-electron chi connectivity index (χ4n) is 1.33. The zero-order chi connectivity index (χ0) is 12.3. The summed E-state index contributed by atoms with van der Waals surface area (Å²) >= 11 is 0. The average molecular weight is 281 g/mol. The second-order valence-electron chi connectivity index (χ2n) is 3.11. The van der Waals surface area contributed by atoms with Crippen LogP contribution in [0.25, 0.3) is 0 Å². The van der Waals surface area contributed by atoms with Gasteiger partial charge in [-0.3, -0.25) is 10.1 Å². The number of hydrogen-bond acceptors (Lipinski definition) is 4. The highest BCUT2D eigenvalue weighted by molar-refractivity contribution is 7.89. The maximum atomic E-state index is 11.6. The van der Waals surface area contributed by atoms with Crippen molar-refractivity contribution in [2.24, 2.45) is 0 Å². The largest absolute Gasteiger partial charge is 0.269 e. The first-order valence-corrected chi connectivity index (χ1v) is 6.11. The van der Waals surface area contributed by atoms with Gasteiger partial charge in [0.1, 0.15) is 0 Å². The first kappa shape index (κ1) is 15.8. The molecule has 1 aromatic rings. The first-order chi connectivity index (χ1) is 7.42. The van der Waals surface area contributed by atoms with Gasteiger partial charge < -0.3 is 0 Å². The molecule has 0 bridgehead atoms. The SMILES string of the molecule is CCc1cc([N+](=O)[O-])ccc1S(=O)(=O)NC.Cl. The van der Waals surface area contributed by atoms with Crippen LogP contribution in [0.3, 0.4) is 0 Å². The summed E-state index contributed by atoms with van der Waals surface area (Å²) in [5.74, 6) is 0. The zero-order valence-corrected chi connectivity index (χ0v) is 11.0. The Hall–Kier alpha value is -1.18. The highest BCUT2D eigenvalue weighted by Gasteiger charge is 2.18. The Kier molecular flexibility index (Phi) is 5.53. The van der Waals surface area contributed by atoms with Gasteiger partial charge in [0.05, 0.1) is 9.82 Å². The van der Waals surface area contributed by atoms with E-state index in [0.717, 1.165) is 0 Å². The van der Waals surface area contributed by atoms with Crippen LogP contribution in [0.1, 0.15) is 12.5 Å². The van der Waals surface area contributed by atoms with Gasteiger partial charge in [0.25, 0.3) is 5.69 Å². The molecule has 0 heterocycles. The number of nitrogens with zero attached hydrogens (tertiary/aromatic N) is 1. The van der Waals surface area contributed by atoms with E-state index in [0.29, 0.717) is 12.0 Å². The van der Waals surface area contributed by atoms with Gasteiger partial charge in [0.2, 0.25) is 10.0 Å². The average Bonchev–Trinajstić information content (AvgIpc) is 2.28. The molecule has 0 unspecified atom stereocenters. The van der Waals surface area contributed by atoms with E-state index in [1.165, 1.54) is 25.2 Å². The van der Waals surface area contributed by atoms with Gasteiger partial charge in [0, 0.05) is 12.1 Å². The van der Waals surface area contributed by atoms with Gasteiger partial charge in [-0.15, -0.1) is 12.4 Å². The summed E-state index contributed by atoms with van der Waals surface area (Å²) in [5.41, 5.74) is 0.329. The smallest absolute Gasteiger partial charge is 0.258 e. The van der Waals surface area contributed by atoms with E-state index in [2.05, 4.69) is 4.72 Å². The number of halogens is 1. The molecule has 0 atom stereocenters. The minimum absolute atomic E-state index is 0. The van der Waals surface area contributed by atoms with Crippen molar-refractivity contribution in [3.05, 3.63) is 33.9 Å². The number of aryl methyl sites for hydroxylation is 1. The lowest BCUT2D eigenvalue weighted by Gasteiger charge is -2.07. The van der Waals surface area contributed by atoms with Crippen LogP contribution in [0.15, 0.2) is 23.1 Å². The number of nitro benzene ring substituents is 1. The van der Waals surface area contributed by atoms with E-state index in [9.17, 15) is 18.5 Å². The van der Waals surface area contributed by atoms with E-state index in [1.54, 1.807) is 6.92 Å². The molecule has 1 rings (SSSR count). The third kappa shape index (κ3) is 3.39. The molecule has 0 fully saturated rings.